The van der Waals surface area contributed by atoms with E-state index in [1.54, 1.807) is 12.1 Å². The van der Waals surface area contributed by atoms with Crippen LogP contribution in [0.1, 0.15) is 36.2 Å². The Morgan fingerprint density at radius 3 is 2.39 bits per heavy atom. The summed E-state index contributed by atoms with van der Waals surface area (Å²) in [6, 6.07) is 6.79. The van der Waals surface area contributed by atoms with Gasteiger partial charge in [-0.15, -0.1) is 0 Å². The van der Waals surface area contributed by atoms with Crippen molar-refractivity contribution >= 4 is 11.5 Å². The minimum absolute atomic E-state index is 0.208. The van der Waals surface area contributed by atoms with E-state index in [1.165, 1.54) is 16.7 Å². The maximum Gasteiger partial charge on any atom is 0.386 e. The number of benzene rings is 1. The molecule has 90 valence electrons. The molecule has 0 amide bonds. The van der Waals surface area contributed by atoms with Crippen LogP contribution in [0.2, 0.25) is 0 Å². The molecule has 1 aliphatic carbocycles. The second kappa shape index (κ2) is 5.05. The molecule has 0 atom stereocenters. The van der Waals surface area contributed by atoms with E-state index in [1.807, 2.05) is 24.3 Å². The number of rotatable bonds is 2. The van der Waals surface area contributed by atoms with Crippen molar-refractivity contribution in [2.24, 2.45) is 0 Å². The molecule has 1 aromatic rings. The molecule has 0 aromatic heterocycles. The summed E-state index contributed by atoms with van der Waals surface area (Å²) < 4.78 is 0. The van der Waals surface area contributed by atoms with Crippen molar-refractivity contribution in [2.75, 3.05) is 0 Å². The number of allylic oxidation sites excluding steroid dienone is 6. The molecule has 18 heavy (non-hydrogen) atoms. The van der Waals surface area contributed by atoms with Crippen LogP contribution in [0.15, 0.2) is 47.6 Å². The van der Waals surface area contributed by atoms with Gasteiger partial charge in [-0.3, -0.25) is 0 Å². The molecule has 0 aliphatic heterocycles. The lowest BCUT2D eigenvalue weighted by Crippen LogP contribution is -1.96. The van der Waals surface area contributed by atoms with Gasteiger partial charge in [0.15, 0.2) is 0 Å². The van der Waals surface area contributed by atoms with Gasteiger partial charge in [-0.1, -0.05) is 29.9 Å². The number of carbonyl (C=O) groups excluding carboxylic acids is 1. The highest BCUT2D eigenvalue weighted by Crippen LogP contribution is 2.28. The van der Waals surface area contributed by atoms with Crippen LogP contribution in [-0.2, 0) is 5.11 Å². The van der Waals surface area contributed by atoms with Crippen LogP contribution in [-0.4, -0.2) is 5.97 Å². The quantitative estimate of drug-likeness (QED) is 0.773. The minimum atomic E-state index is -1.14. The Morgan fingerprint density at radius 1 is 1.17 bits per heavy atom. The SMILES string of the molecule is CC(C)=C1[C]=CC=C(c2ccc(C([O])=O)cc2)C1. The zero-order chi connectivity index (χ0) is 13.1. The highest BCUT2D eigenvalue weighted by Gasteiger charge is 2.10. The molecular weight excluding hydrogens is 224 g/mol. The largest absolute Gasteiger partial charge is 0.386 e. The molecule has 0 heterocycles. The van der Waals surface area contributed by atoms with Gasteiger partial charge < -0.3 is 0 Å². The zero-order valence-electron chi connectivity index (χ0n) is 10.5. The Kier molecular flexibility index (Phi) is 3.47. The highest BCUT2D eigenvalue weighted by molar-refractivity contribution is 5.87. The molecule has 0 saturated carbocycles. The Bertz CT molecular complexity index is 553. The Hall–Kier alpha value is -2.09. The first-order valence-electron chi connectivity index (χ1n) is 5.85. The highest BCUT2D eigenvalue weighted by atomic mass is 16.4. The van der Waals surface area contributed by atoms with Crippen molar-refractivity contribution in [1.29, 1.82) is 0 Å². The molecule has 0 saturated heterocycles. The van der Waals surface area contributed by atoms with Gasteiger partial charge in [-0.25, -0.2) is 9.90 Å². The Morgan fingerprint density at radius 2 is 1.83 bits per heavy atom. The van der Waals surface area contributed by atoms with Gasteiger partial charge >= 0.3 is 5.97 Å². The molecule has 1 aromatic carbocycles. The summed E-state index contributed by atoms with van der Waals surface area (Å²) in [5.41, 5.74) is 4.87. The first kappa shape index (κ1) is 12.4. The molecule has 2 heteroatoms. The first-order chi connectivity index (χ1) is 8.58. The number of carbonyl (C=O) groups is 1. The zero-order valence-corrected chi connectivity index (χ0v) is 10.5. The van der Waals surface area contributed by atoms with Gasteiger partial charge in [-0.05, 0) is 55.2 Å². The summed E-state index contributed by atoms with van der Waals surface area (Å²) in [7, 11) is 0. The van der Waals surface area contributed by atoms with E-state index in [0.29, 0.717) is 0 Å². The summed E-state index contributed by atoms with van der Waals surface area (Å²) in [5.74, 6) is -1.14. The average Bonchev–Trinajstić information content (AvgIpc) is 2.39. The lowest BCUT2D eigenvalue weighted by atomic mass is 9.91. The fraction of sp³-hybridized carbons (Fsp3) is 0.188. The van der Waals surface area contributed by atoms with E-state index in [4.69, 9.17) is 0 Å². The molecule has 0 fully saturated rings. The third-order valence-electron chi connectivity index (χ3n) is 3.00. The first-order valence-corrected chi connectivity index (χ1v) is 5.85. The van der Waals surface area contributed by atoms with Crippen molar-refractivity contribution in [3.63, 3.8) is 0 Å². The maximum absolute atomic E-state index is 10.7. The number of hydrogen-bond donors (Lipinski definition) is 0. The molecule has 2 nitrogen and oxygen atoms in total. The maximum atomic E-state index is 10.7. The second-order valence-corrected chi connectivity index (χ2v) is 4.52. The predicted molar refractivity (Wildman–Crippen MR) is 70.2 cm³/mol. The van der Waals surface area contributed by atoms with Gasteiger partial charge in [-0.2, -0.15) is 0 Å². The summed E-state index contributed by atoms with van der Waals surface area (Å²) in [6.07, 6.45) is 7.98. The van der Waals surface area contributed by atoms with Crippen LogP contribution >= 0.6 is 0 Å². The molecule has 0 bridgehead atoms. The molecule has 2 rings (SSSR count). The normalized spacial score (nSPS) is 14.3. The fourth-order valence-corrected chi connectivity index (χ4v) is 1.88. The summed E-state index contributed by atoms with van der Waals surface area (Å²) in [5, 5.41) is 10.7. The van der Waals surface area contributed by atoms with Gasteiger partial charge in [0, 0.05) is 0 Å². The average molecular weight is 238 g/mol. The van der Waals surface area contributed by atoms with Crippen LogP contribution in [0.4, 0.5) is 0 Å². The van der Waals surface area contributed by atoms with E-state index in [2.05, 4.69) is 19.9 Å². The van der Waals surface area contributed by atoms with Crippen LogP contribution in [0.5, 0.6) is 0 Å². The van der Waals surface area contributed by atoms with Gasteiger partial charge in [0.25, 0.3) is 0 Å². The monoisotopic (exact) mass is 238 g/mol. The summed E-state index contributed by atoms with van der Waals surface area (Å²) >= 11 is 0. The van der Waals surface area contributed by atoms with Crippen LogP contribution in [0.25, 0.3) is 5.57 Å². The predicted octanol–water partition coefficient (Wildman–Crippen LogP) is 3.74. The van der Waals surface area contributed by atoms with E-state index in [0.717, 1.165) is 12.0 Å². The number of hydrogen-bond acceptors (Lipinski definition) is 1. The molecule has 2 radical (unpaired) electrons. The Labute approximate surface area is 107 Å². The molecule has 0 spiro atoms. The fourth-order valence-electron chi connectivity index (χ4n) is 1.88. The molecule has 0 unspecified atom stereocenters. The minimum Gasteiger partial charge on any atom is -0.242 e. The summed E-state index contributed by atoms with van der Waals surface area (Å²) in [4.78, 5) is 10.7. The van der Waals surface area contributed by atoms with Crippen molar-refractivity contribution in [3.05, 3.63) is 64.8 Å². The molecule has 0 N–H and O–H groups in total. The van der Waals surface area contributed by atoms with Crippen molar-refractivity contribution in [2.45, 2.75) is 20.3 Å². The Balaban J connectivity index is 2.28. The van der Waals surface area contributed by atoms with Crippen LogP contribution in [0.3, 0.4) is 0 Å². The van der Waals surface area contributed by atoms with E-state index in [-0.39, 0.29) is 5.56 Å². The van der Waals surface area contributed by atoms with E-state index < -0.39 is 5.97 Å². The smallest absolute Gasteiger partial charge is 0.242 e. The topological polar surface area (TPSA) is 37.0 Å². The van der Waals surface area contributed by atoms with Crippen LogP contribution in [0, 0.1) is 6.08 Å². The van der Waals surface area contributed by atoms with Gasteiger partial charge in [0.05, 0.1) is 5.56 Å². The van der Waals surface area contributed by atoms with Crippen LogP contribution < -0.4 is 0 Å². The molecule has 1 aliphatic rings. The summed E-state index contributed by atoms with van der Waals surface area (Å²) in [6.45, 7) is 4.14. The van der Waals surface area contributed by atoms with E-state index >= 15 is 0 Å². The van der Waals surface area contributed by atoms with Gasteiger partial charge in [0.2, 0.25) is 0 Å². The second-order valence-electron chi connectivity index (χ2n) is 4.52. The van der Waals surface area contributed by atoms with Crippen molar-refractivity contribution in [1.82, 2.24) is 0 Å². The third-order valence-corrected chi connectivity index (χ3v) is 3.00. The third kappa shape index (κ3) is 2.59. The van der Waals surface area contributed by atoms with Crippen molar-refractivity contribution in [3.8, 4) is 0 Å². The van der Waals surface area contributed by atoms with Crippen molar-refractivity contribution < 1.29 is 9.90 Å². The lowest BCUT2D eigenvalue weighted by molar-refractivity contribution is 0.0573. The standard InChI is InChI=1S/C16H14O2/c1-11(2)14-4-3-5-15(10-14)12-6-8-13(9-7-12)16(17)18/h3,5-9H,10H2,1-2H3. The van der Waals surface area contributed by atoms with E-state index in [9.17, 15) is 9.90 Å². The van der Waals surface area contributed by atoms with Gasteiger partial charge in [0.1, 0.15) is 0 Å². The molecular formula is C16H14O2. The lowest BCUT2D eigenvalue weighted by Gasteiger charge is -2.13.